The first-order chi connectivity index (χ1) is 16.4. The molecule has 2 heterocycles. The molecular weight excluding hydrogens is 433 g/mol. The number of likely N-dealkylation sites (tertiary alicyclic amines) is 1. The number of carbonyl (C=O) groups is 2. The van der Waals surface area contributed by atoms with Crippen LogP contribution in [-0.4, -0.2) is 53.2 Å². The quantitative estimate of drug-likeness (QED) is 0.588. The molecule has 0 spiro atoms. The number of hydrazone groups is 1. The van der Waals surface area contributed by atoms with Gasteiger partial charge in [0.1, 0.15) is 11.9 Å². The fraction of sp³-hybridized carbons (Fsp3) is 0.444. The highest BCUT2D eigenvalue weighted by Gasteiger charge is 2.37. The van der Waals surface area contributed by atoms with Crippen molar-refractivity contribution >= 4 is 17.6 Å². The number of amides is 1. The van der Waals surface area contributed by atoms with E-state index in [1.54, 1.807) is 13.0 Å². The molecule has 180 valence electrons. The topological polar surface area (TPSA) is 62.2 Å². The summed E-state index contributed by atoms with van der Waals surface area (Å²) in [6.07, 6.45) is 3.03. The first-order valence-electron chi connectivity index (χ1n) is 12.0. The van der Waals surface area contributed by atoms with E-state index >= 15 is 0 Å². The van der Waals surface area contributed by atoms with Crippen molar-refractivity contribution < 1.29 is 18.7 Å². The zero-order valence-corrected chi connectivity index (χ0v) is 20.1. The van der Waals surface area contributed by atoms with E-state index in [2.05, 4.69) is 6.07 Å². The zero-order valence-electron chi connectivity index (χ0n) is 20.1. The Morgan fingerprint density at radius 1 is 1.15 bits per heavy atom. The molecule has 0 aliphatic carbocycles. The van der Waals surface area contributed by atoms with Crippen LogP contribution in [-0.2, 0) is 14.3 Å². The summed E-state index contributed by atoms with van der Waals surface area (Å²) in [7, 11) is 0. The van der Waals surface area contributed by atoms with E-state index in [0.29, 0.717) is 31.6 Å². The third-order valence-corrected chi connectivity index (χ3v) is 6.60. The highest BCUT2D eigenvalue weighted by atomic mass is 19.1. The molecule has 1 fully saturated rings. The highest BCUT2D eigenvalue weighted by Crippen LogP contribution is 2.34. The van der Waals surface area contributed by atoms with E-state index in [9.17, 15) is 14.0 Å². The summed E-state index contributed by atoms with van der Waals surface area (Å²) in [5.74, 6) is -0.828. The lowest BCUT2D eigenvalue weighted by atomic mass is 9.95. The number of ether oxygens (including phenoxy) is 1. The fourth-order valence-corrected chi connectivity index (χ4v) is 4.95. The van der Waals surface area contributed by atoms with Crippen molar-refractivity contribution in [1.82, 2.24) is 9.91 Å². The van der Waals surface area contributed by atoms with Crippen LogP contribution in [0.1, 0.15) is 60.9 Å². The lowest BCUT2D eigenvalue weighted by Crippen LogP contribution is -2.49. The summed E-state index contributed by atoms with van der Waals surface area (Å²) < 4.78 is 19.3. The van der Waals surface area contributed by atoms with Crippen molar-refractivity contribution in [1.29, 1.82) is 0 Å². The van der Waals surface area contributed by atoms with Gasteiger partial charge in [-0.1, -0.05) is 42.3 Å². The fourth-order valence-electron chi connectivity index (χ4n) is 4.95. The predicted octanol–water partition coefficient (Wildman–Crippen LogP) is 4.54. The summed E-state index contributed by atoms with van der Waals surface area (Å²) in [5.41, 5.74) is 4.75. The standard InChI is InChI=1S/C27H32FN3O3/c1-4-34-27(33)24-10-5-6-13-30(24)17-26(32)31-25(20-8-7-9-21(28)15-20)16-23(29-31)22-12-11-18(2)14-19(22)3/h7-9,11-12,14-15,24-25H,4-6,10,13,16-17H2,1-3H3/t24-,25+/m1/s1. The molecule has 0 aromatic heterocycles. The van der Waals surface area contributed by atoms with Crippen molar-refractivity contribution in [3.8, 4) is 0 Å². The molecular formula is C27H32FN3O3. The second-order valence-corrected chi connectivity index (χ2v) is 9.11. The van der Waals surface area contributed by atoms with Gasteiger partial charge in [0.2, 0.25) is 0 Å². The van der Waals surface area contributed by atoms with E-state index in [1.165, 1.54) is 17.1 Å². The molecule has 6 nitrogen and oxygen atoms in total. The lowest BCUT2D eigenvalue weighted by molar-refractivity contribution is -0.152. The maximum absolute atomic E-state index is 14.1. The third kappa shape index (κ3) is 5.20. The lowest BCUT2D eigenvalue weighted by Gasteiger charge is -2.34. The molecule has 2 aliphatic heterocycles. The molecule has 0 N–H and O–H groups in total. The van der Waals surface area contributed by atoms with Crippen LogP contribution < -0.4 is 0 Å². The van der Waals surface area contributed by atoms with Gasteiger partial charge >= 0.3 is 5.97 Å². The van der Waals surface area contributed by atoms with Crippen LogP contribution in [0.4, 0.5) is 4.39 Å². The predicted molar refractivity (Wildman–Crippen MR) is 129 cm³/mol. The van der Waals surface area contributed by atoms with Crippen LogP contribution >= 0.6 is 0 Å². The van der Waals surface area contributed by atoms with Gasteiger partial charge < -0.3 is 4.74 Å². The Bertz CT molecular complexity index is 1100. The number of esters is 1. The van der Waals surface area contributed by atoms with Gasteiger partial charge in [-0.25, -0.2) is 9.40 Å². The molecule has 0 bridgehead atoms. The number of aryl methyl sites for hydroxylation is 2. The van der Waals surface area contributed by atoms with Gasteiger partial charge in [0.05, 0.1) is 24.9 Å². The average Bonchev–Trinajstić information content (AvgIpc) is 3.25. The Labute approximate surface area is 200 Å². The van der Waals surface area contributed by atoms with E-state index < -0.39 is 12.1 Å². The summed E-state index contributed by atoms with van der Waals surface area (Å²) in [5, 5.41) is 6.23. The number of halogens is 1. The smallest absolute Gasteiger partial charge is 0.323 e. The van der Waals surface area contributed by atoms with Crippen LogP contribution in [0.25, 0.3) is 0 Å². The largest absolute Gasteiger partial charge is 0.465 e. The molecule has 2 aliphatic rings. The first-order valence-corrected chi connectivity index (χ1v) is 12.0. The van der Waals surface area contributed by atoms with Gasteiger partial charge in [0, 0.05) is 12.0 Å². The highest BCUT2D eigenvalue weighted by molar-refractivity contribution is 6.04. The summed E-state index contributed by atoms with van der Waals surface area (Å²) in [4.78, 5) is 27.9. The third-order valence-electron chi connectivity index (χ3n) is 6.60. The maximum atomic E-state index is 14.1. The molecule has 0 unspecified atom stereocenters. The number of hydrogen-bond donors (Lipinski definition) is 0. The van der Waals surface area contributed by atoms with E-state index in [4.69, 9.17) is 9.84 Å². The molecule has 34 heavy (non-hydrogen) atoms. The maximum Gasteiger partial charge on any atom is 0.323 e. The second-order valence-electron chi connectivity index (χ2n) is 9.11. The monoisotopic (exact) mass is 465 g/mol. The Morgan fingerprint density at radius 3 is 2.71 bits per heavy atom. The SMILES string of the molecule is CCOC(=O)[C@H]1CCCCN1CC(=O)N1N=C(c2ccc(C)cc2C)C[C@H]1c1cccc(F)c1. The average molecular weight is 466 g/mol. The van der Waals surface area contributed by atoms with Gasteiger partial charge in [0.15, 0.2) is 0 Å². The Morgan fingerprint density at radius 2 is 1.97 bits per heavy atom. The van der Waals surface area contributed by atoms with Gasteiger partial charge in [0.25, 0.3) is 5.91 Å². The van der Waals surface area contributed by atoms with Crippen LogP contribution in [0.2, 0.25) is 0 Å². The van der Waals surface area contributed by atoms with E-state index in [1.807, 2.05) is 36.9 Å². The van der Waals surface area contributed by atoms with Gasteiger partial charge in [-0.3, -0.25) is 14.5 Å². The Kier molecular flexibility index (Phi) is 7.41. The van der Waals surface area contributed by atoms with Crippen LogP contribution in [0.3, 0.4) is 0 Å². The number of nitrogens with zero attached hydrogens (tertiary/aromatic N) is 3. The number of rotatable bonds is 6. The van der Waals surface area contributed by atoms with Crippen molar-refractivity contribution in [2.24, 2.45) is 5.10 Å². The summed E-state index contributed by atoms with van der Waals surface area (Å²) in [6.45, 7) is 6.89. The molecule has 4 rings (SSSR count). The Balaban J connectivity index is 1.62. The molecule has 0 radical (unpaired) electrons. The summed E-state index contributed by atoms with van der Waals surface area (Å²) >= 11 is 0. The van der Waals surface area contributed by atoms with Crippen LogP contribution in [0, 0.1) is 19.7 Å². The van der Waals surface area contributed by atoms with Gasteiger partial charge in [-0.05, 0) is 63.4 Å². The molecule has 0 saturated carbocycles. The second kappa shape index (κ2) is 10.5. The molecule has 1 amide bonds. The number of carbonyl (C=O) groups excluding carboxylic acids is 2. The van der Waals surface area contributed by atoms with Crippen molar-refractivity contribution in [3.63, 3.8) is 0 Å². The minimum atomic E-state index is -0.421. The van der Waals surface area contributed by atoms with E-state index in [-0.39, 0.29) is 24.2 Å². The molecule has 2 aromatic rings. The Hall–Kier alpha value is -3.06. The normalized spacial score (nSPS) is 20.8. The molecule has 1 saturated heterocycles. The summed E-state index contributed by atoms with van der Waals surface area (Å²) in [6, 6.07) is 11.7. The number of benzene rings is 2. The molecule has 2 aromatic carbocycles. The number of hydrogen-bond acceptors (Lipinski definition) is 5. The van der Waals surface area contributed by atoms with Crippen LogP contribution in [0.5, 0.6) is 0 Å². The molecule has 2 atom stereocenters. The minimum absolute atomic E-state index is 0.0684. The van der Waals surface area contributed by atoms with Crippen LogP contribution in [0.15, 0.2) is 47.6 Å². The minimum Gasteiger partial charge on any atom is -0.465 e. The zero-order chi connectivity index (χ0) is 24.2. The van der Waals surface area contributed by atoms with Gasteiger partial charge in [-0.15, -0.1) is 0 Å². The van der Waals surface area contributed by atoms with Crippen molar-refractivity contribution in [3.05, 3.63) is 70.5 Å². The molecule has 7 heteroatoms. The van der Waals surface area contributed by atoms with Crippen molar-refractivity contribution in [2.75, 3.05) is 19.7 Å². The van der Waals surface area contributed by atoms with E-state index in [0.717, 1.165) is 35.2 Å². The van der Waals surface area contributed by atoms with Gasteiger partial charge in [-0.2, -0.15) is 5.10 Å². The first kappa shape index (κ1) is 24.1. The van der Waals surface area contributed by atoms with Crippen molar-refractivity contribution in [2.45, 2.75) is 58.5 Å². The number of piperidine rings is 1.